The summed E-state index contributed by atoms with van der Waals surface area (Å²) in [7, 11) is 1.76. The van der Waals surface area contributed by atoms with Gasteiger partial charge in [-0.1, -0.05) is 0 Å². The molecule has 2 aromatic rings. The number of anilines is 1. The molecule has 2 fully saturated rings. The summed E-state index contributed by atoms with van der Waals surface area (Å²) in [4.78, 5) is 19.4. The van der Waals surface area contributed by atoms with Gasteiger partial charge in [0.1, 0.15) is 0 Å². The second-order valence-corrected chi connectivity index (χ2v) is 7.00. The smallest absolute Gasteiger partial charge is 0.262 e. The molecule has 1 aromatic carbocycles. The largest absolute Gasteiger partial charge is 0.392 e. The van der Waals surface area contributed by atoms with Crippen LogP contribution in [0.25, 0.3) is 10.9 Å². The lowest BCUT2D eigenvalue weighted by molar-refractivity contribution is 0.241. The van der Waals surface area contributed by atoms with E-state index in [1.54, 1.807) is 11.6 Å². The molecule has 1 aromatic heterocycles. The lowest BCUT2D eigenvalue weighted by atomic mass is 10.2. The van der Waals surface area contributed by atoms with Gasteiger partial charge in [0.2, 0.25) is 5.95 Å². The number of aliphatic hydroxyl groups excluding tert-OH is 1. The molecule has 1 saturated heterocycles. The number of hydrogen-bond acceptors (Lipinski definition) is 4. The highest BCUT2D eigenvalue weighted by Gasteiger charge is 2.55. The summed E-state index contributed by atoms with van der Waals surface area (Å²) >= 11 is 3.51. The van der Waals surface area contributed by atoms with Crippen molar-refractivity contribution < 1.29 is 5.11 Å². The molecule has 2 atom stereocenters. The number of nitrogens with zero attached hydrogens (tertiary/aromatic N) is 3. The molecule has 1 N–H and O–H groups in total. The maximum atomic E-state index is 12.6. The number of fused-ring (bicyclic) bond motifs is 2. The minimum atomic E-state index is -0.159. The van der Waals surface area contributed by atoms with E-state index in [-0.39, 0.29) is 11.7 Å². The number of benzene rings is 1. The van der Waals surface area contributed by atoms with Gasteiger partial charge in [0.15, 0.2) is 0 Å². The standard InChI is InChI=1S/C15H16BrN3O2/c1-7-3-8-12(11(16)4-7)17-15(18(2)14(8)21)19-5-9-10(6-19)13(9)20/h3-4,9-10,13,20H,5-6H2,1-2H3. The molecular weight excluding hydrogens is 334 g/mol. The van der Waals surface area contributed by atoms with Gasteiger partial charge < -0.3 is 10.0 Å². The van der Waals surface area contributed by atoms with E-state index in [2.05, 4.69) is 20.8 Å². The van der Waals surface area contributed by atoms with Gasteiger partial charge in [0.05, 0.1) is 17.0 Å². The van der Waals surface area contributed by atoms with E-state index in [1.807, 2.05) is 19.1 Å². The third-order valence-corrected chi connectivity index (χ3v) is 5.29. The third-order valence-electron chi connectivity index (χ3n) is 4.69. The molecule has 1 aliphatic heterocycles. The van der Waals surface area contributed by atoms with Gasteiger partial charge in [0, 0.05) is 36.4 Å². The van der Waals surface area contributed by atoms with Crippen LogP contribution in [-0.2, 0) is 7.05 Å². The van der Waals surface area contributed by atoms with Crippen LogP contribution in [0.3, 0.4) is 0 Å². The van der Waals surface area contributed by atoms with Gasteiger partial charge in [0.25, 0.3) is 5.56 Å². The lowest BCUT2D eigenvalue weighted by Crippen LogP contribution is -2.33. The first-order chi connectivity index (χ1) is 9.97. The van der Waals surface area contributed by atoms with Gasteiger partial charge in [-0.2, -0.15) is 0 Å². The number of rotatable bonds is 1. The number of hydrogen-bond donors (Lipinski definition) is 1. The van der Waals surface area contributed by atoms with Crippen molar-refractivity contribution in [1.82, 2.24) is 9.55 Å². The Balaban J connectivity index is 1.87. The second-order valence-electron chi connectivity index (χ2n) is 6.14. The Morgan fingerprint density at radius 2 is 2.00 bits per heavy atom. The Morgan fingerprint density at radius 3 is 2.67 bits per heavy atom. The summed E-state index contributed by atoms with van der Waals surface area (Å²) in [5, 5.41) is 10.3. The van der Waals surface area contributed by atoms with Crippen LogP contribution >= 0.6 is 15.9 Å². The van der Waals surface area contributed by atoms with E-state index >= 15 is 0 Å². The highest BCUT2D eigenvalue weighted by atomic mass is 79.9. The first kappa shape index (κ1) is 13.3. The minimum Gasteiger partial charge on any atom is -0.392 e. The number of aromatic nitrogens is 2. The molecule has 0 radical (unpaired) electrons. The van der Waals surface area contributed by atoms with Gasteiger partial charge in [-0.05, 0) is 40.5 Å². The molecule has 2 heterocycles. The first-order valence-corrected chi connectivity index (χ1v) is 7.86. The van der Waals surface area contributed by atoms with Crippen LogP contribution in [-0.4, -0.2) is 33.9 Å². The van der Waals surface area contributed by atoms with Gasteiger partial charge in [-0.15, -0.1) is 0 Å². The Hall–Kier alpha value is -1.40. The van der Waals surface area contributed by atoms with Crippen LogP contribution in [0.2, 0.25) is 0 Å². The van der Waals surface area contributed by atoms with Gasteiger partial charge in [-0.3, -0.25) is 9.36 Å². The fourth-order valence-corrected chi connectivity index (χ4v) is 4.06. The normalized spacial score (nSPS) is 27.2. The molecule has 6 heteroatoms. The highest BCUT2D eigenvalue weighted by molar-refractivity contribution is 9.10. The van der Waals surface area contributed by atoms with Crippen molar-refractivity contribution in [1.29, 1.82) is 0 Å². The minimum absolute atomic E-state index is 0.0273. The molecule has 1 saturated carbocycles. The zero-order chi connectivity index (χ0) is 14.9. The maximum Gasteiger partial charge on any atom is 0.262 e. The molecule has 110 valence electrons. The van der Waals surface area contributed by atoms with Crippen LogP contribution in [0.1, 0.15) is 5.56 Å². The van der Waals surface area contributed by atoms with E-state index in [9.17, 15) is 9.90 Å². The molecule has 2 aliphatic rings. The lowest BCUT2D eigenvalue weighted by Gasteiger charge is -2.22. The van der Waals surface area contributed by atoms with Crippen LogP contribution in [0.4, 0.5) is 5.95 Å². The Labute approximate surface area is 130 Å². The topological polar surface area (TPSA) is 58.4 Å². The average Bonchev–Trinajstić information content (AvgIpc) is 2.87. The molecule has 2 unspecified atom stereocenters. The average molecular weight is 350 g/mol. The second kappa shape index (κ2) is 4.30. The number of piperidine rings is 1. The molecule has 0 spiro atoms. The molecule has 5 nitrogen and oxygen atoms in total. The van der Waals surface area contributed by atoms with Crippen LogP contribution in [0.15, 0.2) is 21.4 Å². The van der Waals surface area contributed by atoms with Crippen LogP contribution in [0.5, 0.6) is 0 Å². The predicted octanol–water partition coefficient (Wildman–Crippen LogP) is 1.43. The number of halogens is 1. The van der Waals surface area contributed by atoms with E-state index < -0.39 is 0 Å². The van der Waals surface area contributed by atoms with Crippen LogP contribution in [0, 0.1) is 18.8 Å². The number of aliphatic hydroxyl groups is 1. The van der Waals surface area contributed by atoms with E-state index in [4.69, 9.17) is 4.98 Å². The van der Waals surface area contributed by atoms with Crippen molar-refractivity contribution in [2.24, 2.45) is 18.9 Å². The first-order valence-electron chi connectivity index (χ1n) is 7.07. The third kappa shape index (κ3) is 1.85. The van der Waals surface area contributed by atoms with Crippen molar-refractivity contribution in [2.75, 3.05) is 18.0 Å². The fourth-order valence-electron chi connectivity index (χ4n) is 3.40. The number of aryl methyl sites for hydroxylation is 1. The molecule has 4 rings (SSSR count). The summed E-state index contributed by atoms with van der Waals surface area (Å²) in [5.74, 6) is 1.38. The molecule has 0 amide bonds. The SMILES string of the molecule is Cc1cc(Br)c2nc(N3CC4C(O)C4C3)n(C)c(=O)c2c1. The summed E-state index contributed by atoms with van der Waals surface area (Å²) < 4.78 is 2.46. The Kier molecular flexibility index (Phi) is 2.72. The summed E-state index contributed by atoms with van der Waals surface area (Å²) in [6.07, 6.45) is -0.159. The zero-order valence-electron chi connectivity index (χ0n) is 11.9. The Bertz CT molecular complexity index is 805. The van der Waals surface area contributed by atoms with E-state index in [1.165, 1.54) is 0 Å². The summed E-state index contributed by atoms with van der Waals surface area (Å²) in [6.45, 7) is 3.52. The van der Waals surface area contributed by atoms with Crippen molar-refractivity contribution >= 4 is 32.8 Å². The highest BCUT2D eigenvalue weighted by Crippen LogP contribution is 2.46. The van der Waals surface area contributed by atoms with Crippen molar-refractivity contribution in [3.05, 3.63) is 32.5 Å². The maximum absolute atomic E-state index is 12.6. The summed E-state index contributed by atoms with van der Waals surface area (Å²) in [5.41, 5.74) is 1.71. The molecular formula is C15H16BrN3O2. The van der Waals surface area contributed by atoms with Crippen LogP contribution < -0.4 is 10.5 Å². The van der Waals surface area contributed by atoms with Crippen molar-refractivity contribution in [3.8, 4) is 0 Å². The zero-order valence-corrected chi connectivity index (χ0v) is 13.5. The Morgan fingerprint density at radius 1 is 1.33 bits per heavy atom. The molecule has 0 bridgehead atoms. The monoisotopic (exact) mass is 349 g/mol. The van der Waals surface area contributed by atoms with Gasteiger partial charge >= 0.3 is 0 Å². The summed E-state index contributed by atoms with van der Waals surface area (Å²) in [6, 6.07) is 3.86. The quantitative estimate of drug-likeness (QED) is 0.846. The van der Waals surface area contributed by atoms with Gasteiger partial charge in [-0.25, -0.2) is 4.98 Å². The molecule has 1 aliphatic carbocycles. The van der Waals surface area contributed by atoms with E-state index in [0.29, 0.717) is 28.7 Å². The predicted molar refractivity (Wildman–Crippen MR) is 84.6 cm³/mol. The fraction of sp³-hybridized carbons (Fsp3) is 0.467. The molecule has 21 heavy (non-hydrogen) atoms. The van der Waals surface area contributed by atoms with Crippen molar-refractivity contribution in [2.45, 2.75) is 13.0 Å². The van der Waals surface area contributed by atoms with Crippen molar-refractivity contribution in [3.63, 3.8) is 0 Å². The van der Waals surface area contributed by atoms with E-state index in [0.717, 1.165) is 23.1 Å².